The van der Waals surface area contributed by atoms with Crippen molar-refractivity contribution in [1.82, 2.24) is 9.80 Å². The molecule has 3 aliphatic rings. The van der Waals surface area contributed by atoms with Crippen molar-refractivity contribution in [3.8, 4) is 0 Å². The number of methoxy groups -OCH3 is 1. The molecule has 0 saturated carbocycles. The Balaban J connectivity index is 1.82. The molecular formula is C23H32N2O7. The number of rotatable bonds is 10. The molecule has 2 unspecified atom stereocenters. The second-order valence-corrected chi connectivity index (χ2v) is 8.42. The summed E-state index contributed by atoms with van der Waals surface area (Å²) in [6.45, 7) is 9.73. The number of amides is 2. The minimum absolute atomic E-state index is 0.0298. The average molecular weight is 449 g/mol. The van der Waals surface area contributed by atoms with Gasteiger partial charge in [-0.2, -0.15) is 0 Å². The summed E-state index contributed by atoms with van der Waals surface area (Å²) >= 11 is 0. The number of aliphatic hydroxyl groups excluding tert-OH is 1. The van der Waals surface area contributed by atoms with Crippen LogP contribution >= 0.6 is 0 Å². The summed E-state index contributed by atoms with van der Waals surface area (Å²) < 4.78 is 15.8. The zero-order chi connectivity index (χ0) is 23.4. The third-order valence-corrected chi connectivity index (χ3v) is 6.44. The fraction of sp³-hybridized carbons (Fsp3) is 0.609. The van der Waals surface area contributed by atoms with Crippen LogP contribution in [0.15, 0.2) is 36.6 Å². The Kier molecular flexibility index (Phi) is 7.73. The number of ether oxygens (including phenoxy) is 3. The van der Waals surface area contributed by atoms with Crippen molar-refractivity contribution in [2.75, 3.05) is 33.5 Å². The SMILES string of the molecule is C=CCOC(=O)C1=C(CC2CCN(C(=O)OCC=C)C2COC)C[C@@H]2[C@@H]([C@@H](C)O)C(=O)N12. The van der Waals surface area contributed by atoms with Gasteiger partial charge in [-0.15, -0.1) is 0 Å². The Labute approximate surface area is 188 Å². The first-order valence-corrected chi connectivity index (χ1v) is 10.9. The van der Waals surface area contributed by atoms with Gasteiger partial charge in [0.25, 0.3) is 0 Å². The first-order valence-electron chi connectivity index (χ1n) is 10.9. The van der Waals surface area contributed by atoms with E-state index in [4.69, 9.17) is 14.2 Å². The number of hydrogen-bond donors (Lipinski definition) is 1. The van der Waals surface area contributed by atoms with Gasteiger partial charge in [-0.25, -0.2) is 9.59 Å². The Morgan fingerprint density at radius 2 is 1.94 bits per heavy atom. The summed E-state index contributed by atoms with van der Waals surface area (Å²) in [6.07, 6.45) is 3.50. The fourth-order valence-electron chi connectivity index (χ4n) is 5.04. The van der Waals surface area contributed by atoms with Crippen molar-refractivity contribution in [2.24, 2.45) is 11.8 Å². The van der Waals surface area contributed by atoms with E-state index in [-0.39, 0.29) is 42.8 Å². The standard InChI is InChI=1S/C23H32N2O7/c1-5-9-31-22(28)20-16(12-17-19(14(3)26)21(27)25(17)20)11-15-7-8-24(18(15)13-30-4)23(29)32-10-6-2/h5-6,14-15,17-19,26H,1-2,7-13H2,3-4H3/t14-,15?,17-,18?,19-/m1/s1. The van der Waals surface area contributed by atoms with Crippen LogP contribution in [-0.4, -0.2) is 84.5 Å². The van der Waals surface area contributed by atoms with Crippen LogP contribution in [-0.2, 0) is 23.8 Å². The maximum absolute atomic E-state index is 12.8. The molecule has 5 atom stereocenters. The molecule has 32 heavy (non-hydrogen) atoms. The van der Waals surface area contributed by atoms with Gasteiger partial charge in [0.1, 0.15) is 18.9 Å². The van der Waals surface area contributed by atoms with Crippen LogP contribution in [0.3, 0.4) is 0 Å². The topological polar surface area (TPSA) is 106 Å². The van der Waals surface area contributed by atoms with Gasteiger partial charge in [0, 0.05) is 13.7 Å². The highest BCUT2D eigenvalue weighted by molar-refractivity contribution is 6.00. The zero-order valence-electron chi connectivity index (χ0n) is 18.7. The number of β-lactam (4-membered cyclic amide) rings is 1. The summed E-state index contributed by atoms with van der Waals surface area (Å²) in [4.78, 5) is 41.0. The lowest BCUT2D eigenvalue weighted by Gasteiger charge is -2.44. The third kappa shape index (κ3) is 4.45. The predicted molar refractivity (Wildman–Crippen MR) is 115 cm³/mol. The summed E-state index contributed by atoms with van der Waals surface area (Å²) in [6, 6.07) is -0.466. The van der Waals surface area contributed by atoms with E-state index in [1.165, 1.54) is 17.1 Å². The van der Waals surface area contributed by atoms with Crippen LogP contribution < -0.4 is 0 Å². The minimum Gasteiger partial charge on any atom is -0.457 e. The normalized spacial score (nSPS) is 27.7. The molecule has 0 spiro atoms. The predicted octanol–water partition coefficient (Wildman–Crippen LogP) is 1.63. The van der Waals surface area contributed by atoms with E-state index in [9.17, 15) is 19.5 Å². The Hall–Kier alpha value is -2.65. The third-order valence-electron chi connectivity index (χ3n) is 6.44. The molecule has 0 aromatic rings. The highest BCUT2D eigenvalue weighted by Gasteiger charge is 2.57. The molecule has 0 aromatic carbocycles. The number of aliphatic hydroxyl groups is 1. The van der Waals surface area contributed by atoms with Crippen LogP contribution in [0.1, 0.15) is 26.2 Å². The lowest BCUT2D eigenvalue weighted by atomic mass is 9.82. The van der Waals surface area contributed by atoms with Gasteiger partial charge in [-0.3, -0.25) is 4.79 Å². The van der Waals surface area contributed by atoms with Gasteiger partial charge in [-0.05, 0) is 37.7 Å². The van der Waals surface area contributed by atoms with Crippen LogP contribution in [0.25, 0.3) is 0 Å². The van der Waals surface area contributed by atoms with E-state index >= 15 is 0 Å². The lowest BCUT2D eigenvalue weighted by molar-refractivity contribution is -0.162. The number of likely N-dealkylation sites (tertiary alicyclic amines) is 1. The molecule has 1 N–H and O–H groups in total. The van der Waals surface area contributed by atoms with E-state index in [1.807, 2.05) is 0 Å². The van der Waals surface area contributed by atoms with Crippen LogP contribution in [0.4, 0.5) is 4.79 Å². The van der Waals surface area contributed by atoms with E-state index < -0.39 is 24.1 Å². The van der Waals surface area contributed by atoms with Crippen LogP contribution in [0.5, 0.6) is 0 Å². The van der Waals surface area contributed by atoms with Gasteiger partial charge in [0.15, 0.2) is 0 Å². The maximum atomic E-state index is 12.8. The van der Waals surface area contributed by atoms with Crippen molar-refractivity contribution in [2.45, 2.75) is 44.4 Å². The quantitative estimate of drug-likeness (QED) is 0.308. The second kappa shape index (κ2) is 10.3. The molecule has 0 bridgehead atoms. The molecule has 9 nitrogen and oxygen atoms in total. The number of esters is 1. The average Bonchev–Trinajstić information content (AvgIpc) is 3.29. The summed E-state index contributed by atoms with van der Waals surface area (Å²) in [5.74, 6) is -1.33. The molecule has 2 saturated heterocycles. The number of nitrogens with zero attached hydrogens (tertiary/aromatic N) is 2. The molecule has 0 aromatic heterocycles. The van der Waals surface area contributed by atoms with E-state index in [2.05, 4.69) is 13.2 Å². The highest BCUT2D eigenvalue weighted by atomic mass is 16.6. The number of carbonyl (C=O) groups excluding carboxylic acids is 3. The van der Waals surface area contributed by atoms with Gasteiger partial charge in [0.2, 0.25) is 5.91 Å². The second-order valence-electron chi connectivity index (χ2n) is 8.42. The lowest BCUT2D eigenvalue weighted by Crippen LogP contribution is -2.61. The molecule has 3 rings (SSSR count). The van der Waals surface area contributed by atoms with Crippen molar-refractivity contribution < 1.29 is 33.7 Å². The first-order chi connectivity index (χ1) is 15.3. The molecule has 3 heterocycles. The highest BCUT2D eigenvalue weighted by Crippen LogP contribution is 2.46. The van der Waals surface area contributed by atoms with Crippen LogP contribution in [0, 0.1) is 11.8 Å². The van der Waals surface area contributed by atoms with Gasteiger partial charge in [0.05, 0.1) is 30.7 Å². The molecule has 176 valence electrons. The van der Waals surface area contributed by atoms with E-state index in [1.54, 1.807) is 18.9 Å². The monoisotopic (exact) mass is 448 g/mol. The largest absolute Gasteiger partial charge is 0.457 e. The molecule has 9 heteroatoms. The maximum Gasteiger partial charge on any atom is 0.410 e. The summed E-state index contributed by atoms with van der Waals surface area (Å²) in [5.41, 5.74) is 1.08. The van der Waals surface area contributed by atoms with Crippen molar-refractivity contribution >= 4 is 18.0 Å². The number of hydrogen-bond acceptors (Lipinski definition) is 7. The molecule has 0 radical (unpaired) electrons. The molecule has 2 fully saturated rings. The number of carbonyl (C=O) groups is 3. The van der Waals surface area contributed by atoms with Gasteiger partial charge >= 0.3 is 12.1 Å². The van der Waals surface area contributed by atoms with Crippen molar-refractivity contribution in [3.63, 3.8) is 0 Å². The van der Waals surface area contributed by atoms with Crippen molar-refractivity contribution in [1.29, 1.82) is 0 Å². The molecular weight excluding hydrogens is 416 g/mol. The van der Waals surface area contributed by atoms with Gasteiger partial charge in [-0.1, -0.05) is 25.3 Å². The molecule has 2 amide bonds. The Bertz CT molecular complexity index is 806. The van der Waals surface area contributed by atoms with Crippen LogP contribution in [0.2, 0.25) is 0 Å². The fourth-order valence-corrected chi connectivity index (χ4v) is 5.04. The Morgan fingerprint density at radius 1 is 1.25 bits per heavy atom. The zero-order valence-corrected chi connectivity index (χ0v) is 18.7. The number of fused-ring (bicyclic) bond motifs is 1. The Morgan fingerprint density at radius 3 is 2.56 bits per heavy atom. The first kappa shape index (κ1) is 24.0. The minimum atomic E-state index is -0.795. The van der Waals surface area contributed by atoms with E-state index in [0.29, 0.717) is 32.4 Å². The smallest absolute Gasteiger partial charge is 0.410 e. The van der Waals surface area contributed by atoms with Gasteiger partial charge < -0.3 is 29.1 Å². The summed E-state index contributed by atoms with van der Waals surface area (Å²) in [5, 5.41) is 10.0. The van der Waals surface area contributed by atoms with Crippen molar-refractivity contribution in [3.05, 3.63) is 36.6 Å². The molecule has 3 aliphatic heterocycles. The van der Waals surface area contributed by atoms with E-state index in [0.717, 1.165) is 5.57 Å². The molecule has 0 aliphatic carbocycles. The summed E-state index contributed by atoms with van der Waals surface area (Å²) in [7, 11) is 1.58.